The van der Waals surface area contributed by atoms with Crippen LogP contribution in [0.15, 0.2) is 48.5 Å². The highest BCUT2D eigenvalue weighted by Crippen LogP contribution is 2.42. The Kier molecular flexibility index (Phi) is 6.39. The third kappa shape index (κ3) is 4.38. The molecule has 148 valence electrons. The zero-order valence-electron chi connectivity index (χ0n) is 16.3. The molecule has 1 aliphatic heterocycles. The number of benzene rings is 2. The molecule has 1 saturated heterocycles. The average Bonchev–Trinajstić information content (AvgIpc) is 3.13. The zero-order chi connectivity index (χ0) is 20.3. The molecule has 2 aromatic rings. The van der Waals surface area contributed by atoms with Gasteiger partial charge in [0.05, 0.1) is 0 Å². The molecule has 4 nitrogen and oxygen atoms in total. The van der Waals surface area contributed by atoms with Crippen molar-refractivity contribution in [1.29, 1.82) is 0 Å². The summed E-state index contributed by atoms with van der Waals surface area (Å²) in [5, 5.41) is 2.57. The fourth-order valence-corrected chi connectivity index (χ4v) is 4.58. The maximum Gasteiger partial charge on any atom is 0.255 e. The Morgan fingerprint density at radius 2 is 1.96 bits per heavy atom. The van der Waals surface area contributed by atoms with Crippen LogP contribution in [0.2, 0.25) is 0 Å². The SMILES string of the molecule is CCC(C)NC(=O)C1CSC(c2cccc(F)c2)N1C(=O)c1ccc(C)cc1. The van der Waals surface area contributed by atoms with E-state index in [9.17, 15) is 14.0 Å². The van der Waals surface area contributed by atoms with Gasteiger partial charge in [0.1, 0.15) is 17.2 Å². The Balaban J connectivity index is 1.95. The number of amides is 2. The largest absolute Gasteiger partial charge is 0.352 e. The van der Waals surface area contributed by atoms with E-state index in [1.54, 1.807) is 29.2 Å². The van der Waals surface area contributed by atoms with Crippen LogP contribution in [0.1, 0.15) is 47.1 Å². The molecule has 1 N–H and O–H groups in total. The van der Waals surface area contributed by atoms with Gasteiger partial charge in [0, 0.05) is 17.4 Å². The van der Waals surface area contributed by atoms with Crippen molar-refractivity contribution >= 4 is 23.6 Å². The van der Waals surface area contributed by atoms with Crippen LogP contribution < -0.4 is 5.32 Å². The molecule has 0 spiro atoms. The molecule has 1 heterocycles. The molecule has 0 saturated carbocycles. The minimum Gasteiger partial charge on any atom is -0.352 e. The molecule has 1 aliphatic rings. The van der Waals surface area contributed by atoms with E-state index in [1.807, 2.05) is 32.9 Å². The monoisotopic (exact) mass is 400 g/mol. The first-order valence-corrected chi connectivity index (χ1v) is 10.5. The summed E-state index contributed by atoms with van der Waals surface area (Å²) in [7, 11) is 0. The molecular formula is C22H25FN2O2S. The highest BCUT2D eigenvalue weighted by molar-refractivity contribution is 7.99. The maximum absolute atomic E-state index is 13.8. The van der Waals surface area contributed by atoms with Crippen molar-refractivity contribution < 1.29 is 14.0 Å². The minimum atomic E-state index is -0.596. The lowest BCUT2D eigenvalue weighted by Gasteiger charge is -2.30. The van der Waals surface area contributed by atoms with Gasteiger partial charge in [-0.1, -0.05) is 36.8 Å². The number of thioether (sulfide) groups is 1. The van der Waals surface area contributed by atoms with E-state index in [1.165, 1.54) is 23.9 Å². The third-order valence-corrected chi connectivity index (χ3v) is 6.29. The number of aryl methyl sites for hydroxylation is 1. The predicted octanol–water partition coefficient (Wildman–Crippen LogP) is 4.31. The Hall–Kier alpha value is -2.34. The van der Waals surface area contributed by atoms with Crippen molar-refractivity contribution in [2.45, 2.75) is 44.6 Å². The molecule has 0 aromatic heterocycles. The van der Waals surface area contributed by atoms with E-state index in [-0.39, 0.29) is 23.7 Å². The molecule has 0 aliphatic carbocycles. The summed E-state index contributed by atoms with van der Waals surface area (Å²) in [4.78, 5) is 27.8. The van der Waals surface area contributed by atoms with Gasteiger partial charge in [-0.2, -0.15) is 0 Å². The van der Waals surface area contributed by atoms with Gasteiger partial charge in [-0.25, -0.2) is 4.39 Å². The highest BCUT2D eigenvalue weighted by Gasteiger charge is 2.42. The van der Waals surface area contributed by atoms with Crippen LogP contribution >= 0.6 is 11.8 Å². The zero-order valence-corrected chi connectivity index (χ0v) is 17.1. The van der Waals surface area contributed by atoms with E-state index >= 15 is 0 Å². The summed E-state index contributed by atoms with van der Waals surface area (Å²) >= 11 is 1.49. The van der Waals surface area contributed by atoms with Crippen molar-refractivity contribution in [3.63, 3.8) is 0 Å². The van der Waals surface area contributed by atoms with Gasteiger partial charge >= 0.3 is 0 Å². The number of halogens is 1. The molecule has 2 aromatic carbocycles. The third-order valence-electron chi connectivity index (χ3n) is 4.97. The second kappa shape index (κ2) is 8.78. The average molecular weight is 401 g/mol. The summed E-state index contributed by atoms with van der Waals surface area (Å²) in [5.41, 5.74) is 2.26. The molecule has 2 amide bonds. The summed E-state index contributed by atoms with van der Waals surface area (Å²) in [6.07, 6.45) is 0.810. The fourth-order valence-electron chi connectivity index (χ4n) is 3.16. The Morgan fingerprint density at radius 3 is 2.61 bits per heavy atom. The van der Waals surface area contributed by atoms with Crippen LogP contribution in [0.5, 0.6) is 0 Å². The molecule has 3 unspecified atom stereocenters. The molecule has 28 heavy (non-hydrogen) atoms. The van der Waals surface area contributed by atoms with Crippen LogP contribution in [-0.2, 0) is 4.79 Å². The summed E-state index contributed by atoms with van der Waals surface area (Å²) in [5.74, 6) is -0.265. The lowest BCUT2D eigenvalue weighted by Crippen LogP contribution is -2.49. The summed E-state index contributed by atoms with van der Waals surface area (Å²) < 4.78 is 13.8. The summed E-state index contributed by atoms with van der Waals surface area (Å²) in [6, 6.07) is 13.0. The smallest absolute Gasteiger partial charge is 0.255 e. The van der Waals surface area contributed by atoms with E-state index < -0.39 is 11.4 Å². The Morgan fingerprint density at radius 1 is 1.25 bits per heavy atom. The van der Waals surface area contributed by atoms with E-state index in [2.05, 4.69) is 5.32 Å². The van der Waals surface area contributed by atoms with Crippen LogP contribution in [0.25, 0.3) is 0 Å². The molecule has 1 fully saturated rings. The van der Waals surface area contributed by atoms with E-state index in [4.69, 9.17) is 0 Å². The first-order valence-electron chi connectivity index (χ1n) is 9.47. The van der Waals surface area contributed by atoms with Gasteiger partial charge in [0.15, 0.2) is 0 Å². The molecular weight excluding hydrogens is 375 g/mol. The molecule has 0 bridgehead atoms. The number of hydrogen-bond donors (Lipinski definition) is 1. The van der Waals surface area contributed by atoms with Crippen LogP contribution in [-0.4, -0.2) is 34.6 Å². The predicted molar refractivity (Wildman–Crippen MR) is 111 cm³/mol. The highest BCUT2D eigenvalue weighted by atomic mass is 32.2. The van der Waals surface area contributed by atoms with Crippen LogP contribution in [0, 0.1) is 12.7 Å². The first kappa shape index (κ1) is 20.4. The summed E-state index contributed by atoms with van der Waals surface area (Å²) in [6.45, 7) is 5.90. The van der Waals surface area contributed by atoms with Crippen molar-refractivity contribution in [3.05, 3.63) is 71.0 Å². The standard InChI is InChI=1S/C22H25FN2O2S/c1-4-15(3)24-20(26)19-13-28-22(17-6-5-7-18(23)12-17)25(19)21(27)16-10-8-14(2)9-11-16/h5-12,15,19,22H,4,13H2,1-3H3,(H,24,26). The van der Waals surface area contributed by atoms with Crippen LogP contribution in [0.4, 0.5) is 4.39 Å². The topological polar surface area (TPSA) is 49.4 Å². The molecule has 6 heteroatoms. The maximum atomic E-state index is 13.8. The van der Waals surface area contributed by atoms with Crippen molar-refractivity contribution in [1.82, 2.24) is 10.2 Å². The van der Waals surface area contributed by atoms with Gasteiger partial charge in [0.25, 0.3) is 5.91 Å². The van der Waals surface area contributed by atoms with E-state index in [0.29, 0.717) is 16.9 Å². The van der Waals surface area contributed by atoms with Gasteiger partial charge in [-0.05, 0) is 50.1 Å². The lowest BCUT2D eigenvalue weighted by atomic mass is 10.1. The quantitative estimate of drug-likeness (QED) is 0.814. The van der Waals surface area contributed by atoms with Crippen molar-refractivity contribution in [2.75, 3.05) is 5.75 Å². The number of nitrogens with zero attached hydrogens (tertiary/aromatic N) is 1. The van der Waals surface area contributed by atoms with Gasteiger partial charge < -0.3 is 10.2 Å². The molecule has 3 atom stereocenters. The fraction of sp³-hybridized carbons (Fsp3) is 0.364. The van der Waals surface area contributed by atoms with E-state index in [0.717, 1.165) is 12.0 Å². The van der Waals surface area contributed by atoms with Gasteiger partial charge in [0.2, 0.25) is 5.91 Å². The van der Waals surface area contributed by atoms with Crippen molar-refractivity contribution in [3.8, 4) is 0 Å². The first-order chi connectivity index (χ1) is 13.4. The normalized spacial score (nSPS) is 20.1. The van der Waals surface area contributed by atoms with Crippen LogP contribution in [0.3, 0.4) is 0 Å². The van der Waals surface area contributed by atoms with Gasteiger partial charge in [-0.3, -0.25) is 9.59 Å². The van der Waals surface area contributed by atoms with Crippen molar-refractivity contribution in [2.24, 2.45) is 0 Å². The molecule has 3 rings (SSSR count). The van der Waals surface area contributed by atoms with Gasteiger partial charge in [-0.15, -0.1) is 11.8 Å². The number of rotatable bonds is 5. The minimum absolute atomic E-state index is 0.0297. The Labute approximate surface area is 169 Å². The number of carbonyl (C=O) groups excluding carboxylic acids is 2. The Bertz CT molecular complexity index is 856. The number of hydrogen-bond acceptors (Lipinski definition) is 3. The number of nitrogens with one attached hydrogen (secondary N) is 1. The number of carbonyl (C=O) groups is 2. The second-order valence-corrected chi connectivity index (χ2v) is 8.27. The molecule has 0 radical (unpaired) electrons. The lowest BCUT2D eigenvalue weighted by molar-refractivity contribution is -0.125. The second-order valence-electron chi connectivity index (χ2n) is 7.15.